The summed E-state index contributed by atoms with van der Waals surface area (Å²) < 4.78 is 5.72. The van der Waals surface area contributed by atoms with Gasteiger partial charge in [-0.25, -0.2) is 0 Å². The Labute approximate surface area is 150 Å². The molecule has 1 unspecified atom stereocenters. The van der Waals surface area contributed by atoms with Crippen LogP contribution in [0.4, 0.5) is 0 Å². The van der Waals surface area contributed by atoms with E-state index in [0.717, 1.165) is 45.2 Å². The zero-order valence-electron chi connectivity index (χ0n) is 17.3. The molecule has 3 heteroatoms. The van der Waals surface area contributed by atoms with Crippen LogP contribution in [0, 0.1) is 22.7 Å². The van der Waals surface area contributed by atoms with Gasteiger partial charge < -0.3 is 9.64 Å². The highest BCUT2D eigenvalue weighted by Crippen LogP contribution is 2.35. The van der Waals surface area contributed by atoms with Crippen molar-refractivity contribution >= 4 is 5.97 Å². The van der Waals surface area contributed by atoms with Crippen LogP contribution in [0.2, 0.25) is 0 Å². The summed E-state index contributed by atoms with van der Waals surface area (Å²) in [5, 5.41) is 0. The predicted molar refractivity (Wildman–Crippen MR) is 102 cm³/mol. The Hall–Kier alpha value is -0.570. The van der Waals surface area contributed by atoms with Gasteiger partial charge in [0.25, 0.3) is 0 Å². The average molecular weight is 340 g/mol. The lowest BCUT2D eigenvalue weighted by molar-refractivity contribution is -0.147. The predicted octanol–water partition coefficient (Wildman–Crippen LogP) is 5.14. The number of hydrogen-bond acceptors (Lipinski definition) is 3. The van der Waals surface area contributed by atoms with E-state index >= 15 is 0 Å². The molecule has 0 aromatic heterocycles. The fourth-order valence-electron chi connectivity index (χ4n) is 3.75. The summed E-state index contributed by atoms with van der Waals surface area (Å²) in [7, 11) is 2.15. The normalized spacial score (nSPS) is 19.3. The van der Waals surface area contributed by atoms with E-state index in [1.54, 1.807) is 0 Å². The number of esters is 1. The van der Waals surface area contributed by atoms with Gasteiger partial charge in [0.15, 0.2) is 0 Å². The second-order valence-corrected chi connectivity index (χ2v) is 9.99. The van der Waals surface area contributed by atoms with Crippen LogP contribution in [-0.4, -0.2) is 37.6 Å². The summed E-state index contributed by atoms with van der Waals surface area (Å²) in [5.74, 6) is 0.987. The fourth-order valence-corrected chi connectivity index (χ4v) is 3.75. The number of hydrogen-bond donors (Lipinski definition) is 0. The quantitative estimate of drug-likeness (QED) is 0.573. The van der Waals surface area contributed by atoms with E-state index in [4.69, 9.17) is 4.74 Å². The second-order valence-electron chi connectivity index (χ2n) is 9.99. The van der Waals surface area contributed by atoms with E-state index in [-0.39, 0.29) is 11.4 Å². The SMILES string of the molecule is CCC(C)(C)CC(COC(=O)CC1CCN(C)CC1)CC(C)(C)C. The molecule has 3 nitrogen and oxygen atoms in total. The standard InChI is InChI=1S/C21H41NO2/c1-8-21(5,6)15-18(14-20(2,3)4)16-24-19(23)13-17-9-11-22(7)12-10-17/h17-18H,8-16H2,1-7H3. The van der Waals surface area contributed by atoms with Gasteiger partial charge in [-0.05, 0) is 68.5 Å². The molecule has 1 atom stereocenters. The molecule has 0 spiro atoms. The number of ether oxygens (including phenoxy) is 1. The monoisotopic (exact) mass is 339 g/mol. The van der Waals surface area contributed by atoms with Gasteiger partial charge in [0.1, 0.15) is 0 Å². The molecule has 1 rings (SSSR count). The van der Waals surface area contributed by atoms with E-state index in [2.05, 4.69) is 53.5 Å². The highest BCUT2D eigenvalue weighted by atomic mass is 16.5. The summed E-state index contributed by atoms with van der Waals surface area (Å²) in [5.41, 5.74) is 0.588. The molecule has 1 heterocycles. The first-order chi connectivity index (χ1) is 11.0. The number of carbonyl (C=O) groups excluding carboxylic acids is 1. The van der Waals surface area contributed by atoms with Crippen molar-refractivity contribution in [1.29, 1.82) is 0 Å². The Balaban J connectivity index is 2.46. The zero-order valence-corrected chi connectivity index (χ0v) is 17.3. The molecule has 0 aliphatic carbocycles. The van der Waals surface area contributed by atoms with E-state index in [1.807, 2.05) is 0 Å². The Morgan fingerprint density at radius 1 is 1.12 bits per heavy atom. The van der Waals surface area contributed by atoms with Crippen LogP contribution in [0.5, 0.6) is 0 Å². The first-order valence-electron chi connectivity index (χ1n) is 9.85. The Kier molecular flexibility index (Phi) is 8.25. The number of likely N-dealkylation sites (tertiary alicyclic amines) is 1. The Morgan fingerprint density at radius 2 is 1.71 bits per heavy atom. The number of carbonyl (C=O) groups is 1. The van der Waals surface area contributed by atoms with Gasteiger partial charge >= 0.3 is 5.97 Å². The number of piperidine rings is 1. The van der Waals surface area contributed by atoms with E-state index in [0.29, 0.717) is 30.3 Å². The summed E-state index contributed by atoms with van der Waals surface area (Å²) >= 11 is 0. The van der Waals surface area contributed by atoms with Gasteiger partial charge in [0.05, 0.1) is 6.61 Å². The molecule has 0 saturated carbocycles. The van der Waals surface area contributed by atoms with Crippen molar-refractivity contribution in [3.63, 3.8) is 0 Å². The fraction of sp³-hybridized carbons (Fsp3) is 0.952. The van der Waals surface area contributed by atoms with Crippen LogP contribution in [0.1, 0.15) is 80.1 Å². The van der Waals surface area contributed by atoms with E-state index < -0.39 is 0 Å². The third-order valence-electron chi connectivity index (χ3n) is 5.47. The molecule has 0 bridgehead atoms. The summed E-state index contributed by atoms with van der Waals surface area (Å²) in [6, 6.07) is 0. The lowest BCUT2D eigenvalue weighted by atomic mass is 9.75. The minimum atomic E-state index is 0.0118. The van der Waals surface area contributed by atoms with Crippen LogP contribution in [0.25, 0.3) is 0 Å². The smallest absolute Gasteiger partial charge is 0.306 e. The molecule has 0 N–H and O–H groups in total. The van der Waals surface area contributed by atoms with Crippen molar-refractivity contribution < 1.29 is 9.53 Å². The summed E-state index contributed by atoms with van der Waals surface area (Å²) in [4.78, 5) is 14.6. The average Bonchev–Trinajstić information content (AvgIpc) is 2.45. The van der Waals surface area contributed by atoms with Crippen molar-refractivity contribution in [2.45, 2.75) is 80.1 Å². The number of nitrogens with zero attached hydrogens (tertiary/aromatic N) is 1. The van der Waals surface area contributed by atoms with E-state index in [9.17, 15) is 4.79 Å². The maximum atomic E-state index is 12.3. The summed E-state index contributed by atoms with van der Waals surface area (Å²) in [6.45, 7) is 16.5. The van der Waals surface area contributed by atoms with E-state index in [1.165, 1.54) is 0 Å². The van der Waals surface area contributed by atoms with Gasteiger partial charge in [0.2, 0.25) is 0 Å². The van der Waals surface area contributed by atoms with Crippen LogP contribution in [0.15, 0.2) is 0 Å². The second kappa shape index (κ2) is 9.22. The molecule has 0 radical (unpaired) electrons. The van der Waals surface area contributed by atoms with Crippen molar-refractivity contribution in [1.82, 2.24) is 4.90 Å². The van der Waals surface area contributed by atoms with Crippen molar-refractivity contribution in [2.75, 3.05) is 26.7 Å². The molecule has 1 aliphatic heterocycles. The summed E-state index contributed by atoms with van der Waals surface area (Å²) in [6.07, 6.45) is 6.25. The number of rotatable bonds is 8. The third kappa shape index (κ3) is 9.05. The van der Waals surface area contributed by atoms with Gasteiger partial charge in [-0.1, -0.05) is 48.0 Å². The van der Waals surface area contributed by atoms with Crippen molar-refractivity contribution in [3.05, 3.63) is 0 Å². The minimum absolute atomic E-state index is 0.0118. The molecule has 0 aromatic rings. The highest BCUT2D eigenvalue weighted by molar-refractivity contribution is 5.69. The molecule has 142 valence electrons. The molecule has 0 amide bonds. The molecule has 1 fully saturated rings. The van der Waals surface area contributed by atoms with Gasteiger partial charge in [-0.2, -0.15) is 0 Å². The molecule has 0 aromatic carbocycles. The van der Waals surface area contributed by atoms with Crippen molar-refractivity contribution in [2.24, 2.45) is 22.7 Å². The topological polar surface area (TPSA) is 29.5 Å². The largest absolute Gasteiger partial charge is 0.465 e. The lowest BCUT2D eigenvalue weighted by Crippen LogP contribution is -2.31. The van der Waals surface area contributed by atoms with Crippen molar-refractivity contribution in [3.8, 4) is 0 Å². The van der Waals surface area contributed by atoms with Crippen LogP contribution in [-0.2, 0) is 9.53 Å². The van der Waals surface area contributed by atoms with Gasteiger partial charge in [-0.3, -0.25) is 4.79 Å². The molecule has 24 heavy (non-hydrogen) atoms. The Morgan fingerprint density at radius 3 is 2.21 bits per heavy atom. The lowest BCUT2D eigenvalue weighted by Gasteiger charge is -2.32. The molecule has 1 aliphatic rings. The first-order valence-corrected chi connectivity index (χ1v) is 9.85. The maximum absolute atomic E-state index is 12.3. The molecule has 1 saturated heterocycles. The third-order valence-corrected chi connectivity index (χ3v) is 5.47. The Bertz CT molecular complexity index is 376. The maximum Gasteiger partial charge on any atom is 0.306 e. The minimum Gasteiger partial charge on any atom is -0.465 e. The first kappa shape index (κ1) is 21.5. The van der Waals surface area contributed by atoms with Crippen LogP contribution in [0.3, 0.4) is 0 Å². The molecular formula is C21H41NO2. The highest BCUT2D eigenvalue weighted by Gasteiger charge is 2.27. The zero-order chi connectivity index (χ0) is 18.4. The van der Waals surface area contributed by atoms with Gasteiger partial charge in [0, 0.05) is 6.42 Å². The van der Waals surface area contributed by atoms with Crippen LogP contribution >= 0.6 is 0 Å². The molecular weight excluding hydrogens is 298 g/mol. The van der Waals surface area contributed by atoms with Gasteiger partial charge in [-0.15, -0.1) is 0 Å². The van der Waals surface area contributed by atoms with Crippen LogP contribution < -0.4 is 0 Å².